The van der Waals surface area contributed by atoms with Gasteiger partial charge in [-0.25, -0.2) is 0 Å². The van der Waals surface area contributed by atoms with Crippen molar-refractivity contribution in [1.82, 2.24) is 5.32 Å². The number of benzene rings is 1. The van der Waals surface area contributed by atoms with Gasteiger partial charge < -0.3 is 10.1 Å². The van der Waals surface area contributed by atoms with Crippen LogP contribution in [0.5, 0.6) is 5.75 Å². The molecule has 0 saturated heterocycles. The van der Waals surface area contributed by atoms with Crippen molar-refractivity contribution in [1.29, 1.82) is 0 Å². The average molecular weight is 249 g/mol. The van der Waals surface area contributed by atoms with E-state index in [-0.39, 0.29) is 5.41 Å². The van der Waals surface area contributed by atoms with Crippen molar-refractivity contribution in [2.45, 2.75) is 52.5 Å². The molecule has 2 nitrogen and oxygen atoms in total. The van der Waals surface area contributed by atoms with Gasteiger partial charge in [0.15, 0.2) is 0 Å². The van der Waals surface area contributed by atoms with Gasteiger partial charge in [-0.3, -0.25) is 0 Å². The monoisotopic (exact) mass is 249 g/mol. The number of ether oxygens (including phenoxy) is 1. The molecule has 0 aliphatic carbocycles. The lowest BCUT2D eigenvalue weighted by Crippen LogP contribution is -2.30. The highest BCUT2D eigenvalue weighted by molar-refractivity contribution is 5.38. The fourth-order valence-electron chi connectivity index (χ4n) is 2.33. The molecular weight excluding hydrogens is 222 g/mol. The Morgan fingerprint density at radius 1 is 1.28 bits per heavy atom. The van der Waals surface area contributed by atoms with Gasteiger partial charge in [-0.05, 0) is 48.6 Å². The molecule has 18 heavy (non-hydrogen) atoms. The van der Waals surface area contributed by atoms with Crippen LogP contribution >= 0.6 is 0 Å². The molecule has 0 heterocycles. The van der Waals surface area contributed by atoms with Crippen molar-refractivity contribution in [3.8, 4) is 5.75 Å². The maximum Gasteiger partial charge on any atom is 0.119 e. The molecule has 0 amide bonds. The standard InChI is InChI=1S/C16H27NO/c1-12(2)17-10-9-16(4,5)15-8-7-14(18-6)11-13(15)3/h7-8,11-12,17H,9-10H2,1-6H3. The summed E-state index contributed by atoms with van der Waals surface area (Å²) >= 11 is 0. The van der Waals surface area contributed by atoms with Gasteiger partial charge in [0.05, 0.1) is 7.11 Å². The highest BCUT2D eigenvalue weighted by Crippen LogP contribution is 2.31. The first kappa shape index (κ1) is 15.0. The molecule has 0 spiro atoms. The Bertz CT molecular complexity index is 383. The lowest BCUT2D eigenvalue weighted by molar-refractivity contribution is 0.411. The van der Waals surface area contributed by atoms with Gasteiger partial charge in [0.2, 0.25) is 0 Å². The Morgan fingerprint density at radius 3 is 2.44 bits per heavy atom. The lowest BCUT2D eigenvalue weighted by atomic mass is 9.79. The first-order chi connectivity index (χ1) is 8.36. The SMILES string of the molecule is COc1ccc(C(C)(C)CCNC(C)C)c(C)c1. The zero-order valence-electron chi connectivity index (χ0n) is 12.6. The minimum Gasteiger partial charge on any atom is -0.497 e. The molecule has 0 aliphatic rings. The van der Waals surface area contributed by atoms with Gasteiger partial charge in [-0.15, -0.1) is 0 Å². The van der Waals surface area contributed by atoms with E-state index >= 15 is 0 Å². The van der Waals surface area contributed by atoms with Crippen molar-refractivity contribution in [2.75, 3.05) is 13.7 Å². The van der Waals surface area contributed by atoms with Crippen molar-refractivity contribution in [3.05, 3.63) is 29.3 Å². The average Bonchev–Trinajstić information content (AvgIpc) is 2.27. The molecule has 0 atom stereocenters. The highest BCUT2D eigenvalue weighted by Gasteiger charge is 2.22. The van der Waals surface area contributed by atoms with Crippen LogP contribution in [-0.2, 0) is 5.41 Å². The van der Waals surface area contributed by atoms with Crippen LogP contribution in [-0.4, -0.2) is 19.7 Å². The number of hydrogen-bond acceptors (Lipinski definition) is 2. The smallest absolute Gasteiger partial charge is 0.119 e. The van der Waals surface area contributed by atoms with E-state index in [0.29, 0.717) is 6.04 Å². The summed E-state index contributed by atoms with van der Waals surface area (Å²) in [6.45, 7) is 12.2. The van der Waals surface area contributed by atoms with Crippen LogP contribution < -0.4 is 10.1 Å². The Kier molecular flexibility index (Phi) is 5.21. The van der Waals surface area contributed by atoms with E-state index in [1.165, 1.54) is 11.1 Å². The van der Waals surface area contributed by atoms with Crippen molar-refractivity contribution >= 4 is 0 Å². The maximum atomic E-state index is 5.26. The van der Waals surface area contributed by atoms with E-state index in [1.54, 1.807) is 7.11 Å². The van der Waals surface area contributed by atoms with Crippen LogP contribution in [0.1, 0.15) is 45.2 Å². The molecule has 0 aliphatic heterocycles. The van der Waals surface area contributed by atoms with Crippen LogP contribution in [0.15, 0.2) is 18.2 Å². The second kappa shape index (κ2) is 6.24. The quantitative estimate of drug-likeness (QED) is 0.830. The number of rotatable bonds is 6. The normalized spacial score (nSPS) is 11.9. The number of aryl methyl sites for hydroxylation is 1. The summed E-state index contributed by atoms with van der Waals surface area (Å²) in [5, 5.41) is 3.49. The van der Waals surface area contributed by atoms with E-state index in [0.717, 1.165) is 18.7 Å². The van der Waals surface area contributed by atoms with E-state index in [2.05, 4.69) is 58.1 Å². The minimum atomic E-state index is 0.193. The van der Waals surface area contributed by atoms with Crippen LogP contribution in [0.4, 0.5) is 0 Å². The molecule has 1 aromatic rings. The van der Waals surface area contributed by atoms with Crippen molar-refractivity contribution in [3.63, 3.8) is 0 Å². The third kappa shape index (κ3) is 4.02. The van der Waals surface area contributed by atoms with Gasteiger partial charge >= 0.3 is 0 Å². The Morgan fingerprint density at radius 2 is 1.94 bits per heavy atom. The van der Waals surface area contributed by atoms with E-state index in [1.807, 2.05) is 0 Å². The molecular formula is C16H27NO. The van der Waals surface area contributed by atoms with Crippen LogP contribution in [0.3, 0.4) is 0 Å². The van der Waals surface area contributed by atoms with Crippen LogP contribution in [0.2, 0.25) is 0 Å². The molecule has 2 heteroatoms. The molecule has 0 saturated carbocycles. The maximum absolute atomic E-state index is 5.26. The summed E-state index contributed by atoms with van der Waals surface area (Å²) in [6, 6.07) is 6.92. The first-order valence-electron chi connectivity index (χ1n) is 6.75. The Labute approximate surface area is 112 Å². The first-order valence-corrected chi connectivity index (χ1v) is 6.75. The molecule has 0 radical (unpaired) electrons. The predicted molar refractivity (Wildman–Crippen MR) is 78.5 cm³/mol. The van der Waals surface area contributed by atoms with Gasteiger partial charge in [-0.2, -0.15) is 0 Å². The second-order valence-electron chi connectivity index (χ2n) is 5.92. The predicted octanol–water partition coefficient (Wildman–Crippen LogP) is 3.67. The highest BCUT2D eigenvalue weighted by atomic mass is 16.5. The number of hydrogen-bond donors (Lipinski definition) is 1. The van der Waals surface area contributed by atoms with Gasteiger partial charge in [0.25, 0.3) is 0 Å². The Hall–Kier alpha value is -1.02. The van der Waals surface area contributed by atoms with E-state index < -0.39 is 0 Å². The molecule has 0 fully saturated rings. The van der Waals surface area contributed by atoms with Gasteiger partial charge in [-0.1, -0.05) is 33.8 Å². The fraction of sp³-hybridized carbons (Fsp3) is 0.625. The van der Waals surface area contributed by atoms with E-state index in [4.69, 9.17) is 4.74 Å². The van der Waals surface area contributed by atoms with Crippen molar-refractivity contribution in [2.24, 2.45) is 0 Å². The molecule has 1 aromatic carbocycles. The third-order valence-corrected chi connectivity index (χ3v) is 3.47. The number of nitrogens with one attached hydrogen (secondary N) is 1. The van der Waals surface area contributed by atoms with Gasteiger partial charge in [0, 0.05) is 6.04 Å². The Balaban J connectivity index is 2.77. The van der Waals surface area contributed by atoms with Crippen LogP contribution in [0.25, 0.3) is 0 Å². The van der Waals surface area contributed by atoms with Crippen LogP contribution in [0, 0.1) is 6.92 Å². The molecule has 0 unspecified atom stereocenters. The molecule has 102 valence electrons. The molecule has 1 rings (SSSR count). The molecule has 0 aromatic heterocycles. The molecule has 0 bridgehead atoms. The summed E-state index contributed by atoms with van der Waals surface area (Å²) in [5.74, 6) is 0.937. The van der Waals surface area contributed by atoms with Crippen molar-refractivity contribution < 1.29 is 4.74 Å². The summed E-state index contributed by atoms with van der Waals surface area (Å²) in [7, 11) is 1.71. The third-order valence-electron chi connectivity index (χ3n) is 3.47. The summed E-state index contributed by atoms with van der Waals surface area (Å²) in [6.07, 6.45) is 1.14. The zero-order valence-corrected chi connectivity index (χ0v) is 12.6. The summed E-state index contributed by atoms with van der Waals surface area (Å²) < 4.78 is 5.26. The summed E-state index contributed by atoms with van der Waals surface area (Å²) in [4.78, 5) is 0. The van der Waals surface area contributed by atoms with E-state index in [9.17, 15) is 0 Å². The van der Waals surface area contributed by atoms with Gasteiger partial charge in [0.1, 0.15) is 5.75 Å². The minimum absolute atomic E-state index is 0.193. The largest absolute Gasteiger partial charge is 0.497 e. The summed E-state index contributed by atoms with van der Waals surface area (Å²) in [5.41, 5.74) is 2.91. The number of methoxy groups -OCH3 is 1. The second-order valence-corrected chi connectivity index (χ2v) is 5.92. The topological polar surface area (TPSA) is 21.3 Å². The zero-order chi connectivity index (χ0) is 13.8. The lowest BCUT2D eigenvalue weighted by Gasteiger charge is -2.28. The molecule has 1 N–H and O–H groups in total. The fourth-order valence-corrected chi connectivity index (χ4v) is 2.33.